The normalized spacial score (nSPS) is 30.3. The van der Waals surface area contributed by atoms with Crippen molar-refractivity contribution >= 4 is 7.12 Å². The summed E-state index contributed by atoms with van der Waals surface area (Å²) >= 11 is 0. The Labute approximate surface area is 111 Å². The molecule has 1 atom stereocenters. The lowest BCUT2D eigenvalue weighted by molar-refractivity contribution is 0.00578. The second-order valence-corrected chi connectivity index (χ2v) is 6.35. The van der Waals surface area contributed by atoms with Crippen LogP contribution in [0.25, 0.3) is 0 Å². The van der Waals surface area contributed by atoms with E-state index in [9.17, 15) is 0 Å². The van der Waals surface area contributed by atoms with Gasteiger partial charge >= 0.3 is 7.12 Å². The van der Waals surface area contributed by atoms with Crippen LogP contribution in [0.2, 0.25) is 0 Å². The Balaban J connectivity index is 2.16. The highest BCUT2D eigenvalue weighted by Gasteiger charge is 2.52. The first-order valence-corrected chi connectivity index (χ1v) is 6.70. The van der Waals surface area contributed by atoms with Crippen molar-refractivity contribution in [3.63, 3.8) is 0 Å². The molecule has 3 nitrogen and oxygen atoms in total. The van der Waals surface area contributed by atoms with Crippen molar-refractivity contribution in [2.75, 3.05) is 0 Å². The molecular formula is C14H24BNO2. The fourth-order valence-electron chi connectivity index (χ4n) is 2.04. The quantitative estimate of drug-likeness (QED) is 0.572. The first-order chi connectivity index (χ1) is 8.23. The minimum Gasteiger partial charge on any atom is -0.400 e. The zero-order chi connectivity index (χ0) is 13.6. The number of nitrogens with one attached hydrogen (secondary N) is 1. The van der Waals surface area contributed by atoms with Gasteiger partial charge in [-0.2, -0.15) is 0 Å². The summed E-state index contributed by atoms with van der Waals surface area (Å²) in [5, 5.41) is 3.39. The van der Waals surface area contributed by atoms with Gasteiger partial charge in [-0.05, 0) is 59.6 Å². The molecule has 0 spiro atoms. The van der Waals surface area contributed by atoms with Gasteiger partial charge in [0, 0.05) is 6.04 Å². The average Bonchev–Trinajstić information content (AvgIpc) is 2.38. The Morgan fingerprint density at radius 3 is 2.33 bits per heavy atom. The van der Waals surface area contributed by atoms with E-state index in [0.29, 0.717) is 6.04 Å². The molecule has 2 rings (SSSR count). The standard InChI is InChI=1S/C14H24BNO2/c1-10-7-8-12(9-16-11(10)2)15-17-13(3,4)14(5,6)18-15/h7,9,11,16H,8H2,1-6H3. The number of rotatable bonds is 1. The van der Waals surface area contributed by atoms with Gasteiger partial charge in [0.2, 0.25) is 0 Å². The van der Waals surface area contributed by atoms with Crippen molar-refractivity contribution in [2.24, 2.45) is 0 Å². The van der Waals surface area contributed by atoms with E-state index in [1.54, 1.807) is 0 Å². The topological polar surface area (TPSA) is 30.5 Å². The van der Waals surface area contributed by atoms with Crippen LogP contribution in [0.4, 0.5) is 0 Å². The number of allylic oxidation sites excluding steroid dienone is 2. The van der Waals surface area contributed by atoms with Crippen molar-refractivity contribution in [1.82, 2.24) is 5.32 Å². The number of hydrogen-bond donors (Lipinski definition) is 1. The minimum absolute atomic E-state index is 0.239. The summed E-state index contributed by atoms with van der Waals surface area (Å²) < 4.78 is 12.1. The lowest BCUT2D eigenvalue weighted by Crippen LogP contribution is -2.41. The molecule has 18 heavy (non-hydrogen) atoms. The molecular weight excluding hydrogens is 225 g/mol. The van der Waals surface area contributed by atoms with E-state index in [-0.39, 0.29) is 18.3 Å². The van der Waals surface area contributed by atoms with Gasteiger partial charge in [-0.25, -0.2) is 0 Å². The molecule has 2 aliphatic heterocycles. The van der Waals surface area contributed by atoms with Crippen LogP contribution in [0.3, 0.4) is 0 Å². The third-order valence-corrected chi connectivity index (χ3v) is 4.42. The van der Waals surface area contributed by atoms with Crippen LogP contribution >= 0.6 is 0 Å². The molecule has 0 amide bonds. The Kier molecular flexibility index (Phi) is 3.37. The monoisotopic (exact) mass is 249 g/mol. The van der Waals surface area contributed by atoms with Crippen molar-refractivity contribution in [2.45, 2.75) is 65.2 Å². The lowest BCUT2D eigenvalue weighted by atomic mass is 9.77. The summed E-state index contributed by atoms with van der Waals surface area (Å²) in [6, 6.07) is 0.380. The predicted octanol–water partition coefficient (Wildman–Crippen LogP) is 2.83. The van der Waals surface area contributed by atoms with Gasteiger partial charge in [0.15, 0.2) is 0 Å². The van der Waals surface area contributed by atoms with Gasteiger partial charge in [-0.1, -0.05) is 11.6 Å². The highest BCUT2D eigenvalue weighted by molar-refractivity contribution is 6.54. The Morgan fingerprint density at radius 1 is 1.22 bits per heavy atom. The summed E-state index contributed by atoms with van der Waals surface area (Å²) in [5.74, 6) is 0. The molecule has 2 heterocycles. The molecule has 0 aromatic carbocycles. The van der Waals surface area contributed by atoms with E-state index in [0.717, 1.165) is 11.9 Å². The van der Waals surface area contributed by atoms with E-state index in [2.05, 4.69) is 59.1 Å². The first kappa shape index (κ1) is 13.7. The zero-order valence-electron chi connectivity index (χ0n) is 12.3. The van der Waals surface area contributed by atoms with E-state index in [1.165, 1.54) is 5.57 Å². The maximum absolute atomic E-state index is 6.07. The van der Waals surface area contributed by atoms with E-state index in [1.807, 2.05) is 0 Å². The smallest absolute Gasteiger partial charge is 0.400 e. The van der Waals surface area contributed by atoms with Crippen LogP contribution in [0.5, 0.6) is 0 Å². The van der Waals surface area contributed by atoms with E-state index >= 15 is 0 Å². The maximum atomic E-state index is 6.07. The third kappa shape index (κ3) is 2.36. The molecule has 1 saturated heterocycles. The molecule has 0 radical (unpaired) electrons. The Bertz CT molecular complexity index is 383. The summed E-state index contributed by atoms with van der Waals surface area (Å²) in [6.45, 7) is 12.7. The number of hydrogen-bond acceptors (Lipinski definition) is 3. The Morgan fingerprint density at radius 2 is 1.78 bits per heavy atom. The minimum atomic E-state index is -0.269. The largest absolute Gasteiger partial charge is 0.492 e. The summed E-state index contributed by atoms with van der Waals surface area (Å²) in [6.07, 6.45) is 5.20. The van der Waals surface area contributed by atoms with Crippen LogP contribution < -0.4 is 5.32 Å². The van der Waals surface area contributed by atoms with Crippen LogP contribution in [0, 0.1) is 0 Å². The third-order valence-electron chi connectivity index (χ3n) is 4.42. The molecule has 0 aromatic heterocycles. The molecule has 1 N–H and O–H groups in total. The van der Waals surface area contributed by atoms with Crippen molar-refractivity contribution in [3.8, 4) is 0 Å². The molecule has 1 unspecified atom stereocenters. The second kappa shape index (κ2) is 4.43. The molecule has 0 aromatic rings. The molecule has 4 heteroatoms. The SMILES string of the molecule is CC1=CCC(B2OC(C)(C)C(C)(C)O2)=CNC1C. The van der Waals surface area contributed by atoms with Gasteiger partial charge in [-0.15, -0.1) is 0 Å². The highest BCUT2D eigenvalue weighted by atomic mass is 16.7. The van der Waals surface area contributed by atoms with Gasteiger partial charge in [0.25, 0.3) is 0 Å². The lowest BCUT2D eigenvalue weighted by Gasteiger charge is -2.32. The molecule has 1 fully saturated rings. The maximum Gasteiger partial charge on any atom is 0.492 e. The second-order valence-electron chi connectivity index (χ2n) is 6.35. The zero-order valence-corrected chi connectivity index (χ0v) is 12.3. The molecule has 0 aliphatic carbocycles. The predicted molar refractivity (Wildman–Crippen MR) is 75.1 cm³/mol. The molecule has 2 aliphatic rings. The van der Waals surface area contributed by atoms with Gasteiger partial charge in [0.05, 0.1) is 11.2 Å². The fourth-order valence-corrected chi connectivity index (χ4v) is 2.04. The fraction of sp³-hybridized carbons (Fsp3) is 0.714. The summed E-state index contributed by atoms with van der Waals surface area (Å²) in [4.78, 5) is 0. The van der Waals surface area contributed by atoms with Crippen molar-refractivity contribution in [1.29, 1.82) is 0 Å². The molecule has 0 bridgehead atoms. The molecule has 100 valence electrons. The van der Waals surface area contributed by atoms with E-state index < -0.39 is 0 Å². The molecule has 0 saturated carbocycles. The highest BCUT2D eigenvalue weighted by Crippen LogP contribution is 2.39. The van der Waals surface area contributed by atoms with Gasteiger partial charge < -0.3 is 14.6 Å². The van der Waals surface area contributed by atoms with Crippen LogP contribution in [0.1, 0.15) is 48.0 Å². The van der Waals surface area contributed by atoms with Crippen LogP contribution in [-0.4, -0.2) is 24.4 Å². The van der Waals surface area contributed by atoms with Gasteiger partial charge in [0.1, 0.15) is 0 Å². The van der Waals surface area contributed by atoms with E-state index in [4.69, 9.17) is 9.31 Å². The average molecular weight is 249 g/mol. The van der Waals surface area contributed by atoms with Crippen molar-refractivity contribution < 1.29 is 9.31 Å². The van der Waals surface area contributed by atoms with Crippen LogP contribution in [-0.2, 0) is 9.31 Å². The summed E-state index contributed by atoms with van der Waals surface area (Å²) in [7, 11) is -0.239. The first-order valence-electron chi connectivity index (χ1n) is 6.70. The van der Waals surface area contributed by atoms with Crippen molar-refractivity contribution in [3.05, 3.63) is 23.3 Å². The van der Waals surface area contributed by atoms with Gasteiger partial charge in [-0.3, -0.25) is 0 Å². The summed E-state index contributed by atoms with van der Waals surface area (Å²) in [5.41, 5.74) is 1.99. The van der Waals surface area contributed by atoms with Crippen LogP contribution in [0.15, 0.2) is 23.3 Å². The Hall–Kier alpha value is -0.735.